The van der Waals surface area contributed by atoms with Crippen molar-refractivity contribution in [3.8, 4) is 0 Å². The van der Waals surface area contributed by atoms with E-state index in [2.05, 4.69) is 20.8 Å². The van der Waals surface area contributed by atoms with E-state index in [0.717, 1.165) is 36.8 Å². The van der Waals surface area contributed by atoms with E-state index in [1.165, 1.54) is 12.1 Å². The lowest BCUT2D eigenvalue weighted by Crippen LogP contribution is -2.33. The Morgan fingerprint density at radius 1 is 1.18 bits per heavy atom. The maximum Gasteiger partial charge on any atom is 0.416 e. The third-order valence-corrected chi connectivity index (χ3v) is 4.39. The van der Waals surface area contributed by atoms with Crippen LogP contribution in [0.1, 0.15) is 51.2 Å². The fraction of sp³-hybridized carbons (Fsp3) is 0.667. The predicted octanol–water partition coefficient (Wildman–Crippen LogP) is 5.48. The molecule has 0 N–H and O–H groups in total. The molecule has 124 valence electrons. The molecule has 1 aromatic carbocycles. The van der Waals surface area contributed by atoms with E-state index in [0.29, 0.717) is 19.1 Å². The van der Waals surface area contributed by atoms with E-state index in [1.807, 2.05) is 0 Å². The highest BCUT2D eigenvalue weighted by molar-refractivity contribution is 5.25. The number of benzene rings is 1. The lowest BCUT2D eigenvalue weighted by Gasteiger charge is -2.35. The summed E-state index contributed by atoms with van der Waals surface area (Å²) in [6.45, 7) is 7.12. The molecule has 1 aliphatic rings. The fourth-order valence-electron chi connectivity index (χ4n) is 2.77. The van der Waals surface area contributed by atoms with E-state index >= 15 is 0 Å². The standard InChI is InChI=1S/C18H25F3O/c1-13-9-16(10-13)22-12-17(2,3)8-7-14-5-4-6-15(11-14)18(19,20)21/h4-6,11,13,16H,7-10,12H2,1-3H3. The SMILES string of the molecule is CC1CC(OCC(C)(C)CCc2cccc(C(F)(F)F)c2)C1. The first-order valence-corrected chi connectivity index (χ1v) is 7.93. The summed E-state index contributed by atoms with van der Waals surface area (Å²) in [5.74, 6) is 0.762. The van der Waals surface area contributed by atoms with Crippen molar-refractivity contribution in [3.63, 3.8) is 0 Å². The monoisotopic (exact) mass is 314 g/mol. The topological polar surface area (TPSA) is 9.23 Å². The van der Waals surface area contributed by atoms with Crippen LogP contribution in [-0.4, -0.2) is 12.7 Å². The van der Waals surface area contributed by atoms with E-state index in [1.54, 1.807) is 6.07 Å². The molecule has 0 bridgehead atoms. The molecule has 0 aromatic heterocycles. The molecule has 1 aromatic rings. The van der Waals surface area contributed by atoms with Gasteiger partial charge in [-0.05, 0) is 48.6 Å². The summed E-state index contributed by atoms with van der Waals surface area (Å²) in [6, 6.07) is 5.62. The Kier molecular flexibility index (Phi) is 5.21. The molecule has 0 heterocycles. The Hall–Kier alpha value is -1.03. The van der Waals surface area contributed by atoms with Crippen LogP contribution in [0.3, 0.4) is 0 Å². The molecule has 22 heavy (non-hydrogen) atoms. The molecule has 0 spiro atoms. The van der Waals surface area contributed by atoms with Crippen LogP contribution in [0.25, 0.3) is 0 Å². The van der Waals surface area contributed by atoms with Crippen LogP contribution in [-0.2, 0) is 17.3 Å². The smallest absolute Gasteiger partial charge is 0.378 e. The van der Waals surface area contributed by atoms with Crippen LogP contribution in [0.2, 0.25) is 0 Å². The summed E-state index contributed by atoms with van der Waals surface area (Å²) >= 11 is 0. The summed E-state index contributed by atoms with van der Waals surface area (Å²) in [7, 11) is 0. The molecule has 2 rings (SSSR count). The second kappa shape index (κ2) is 6.61. The Bertz CT molecular complexity index is 487. The molecular formula is C18H25F3O. The second-order valence-corrected chi connectivity index (χ2v) is 7.37. The van der Waals surface area contributed by atoms with Gasteiger partial charge >= 0.3 is 6.18 Å². The van der Waals surface area contributed by atoms with Crippen LogP contribution in [0.4, 0.5) is 13.2 Å². The van der Waals surface area contributed by atoms with Gasteiger partial charge in [-0.15, -0.1) is 0 Å². The number of alkyl halides is 3. The van der Waals surface area contributed by atoms with Crippen molar-refractivity contribution in [2.24, 2.45) is 11.3 Å². The lowest BCUT2D eigenvalue weighted by atomic mass is 9.83. The van der Waals surface area contributed by atoms with Gasteiger partial charge in [0.15, 0.2) is 0 Å². The van der Waals surface area contributed by atoms with Crippen LogP contribution < -0.4 is 0 Å². The fourth-order valence-corrected chi connectivity index (χ4v) is 2.77. The Labute approximate surface area is 130 Å². The number of hydrogen-bond donors (Lipinski definition) is 0. The number of ether oxygens (including phenoxy) is 1. The zero-order valence-corrected chi connectivity index (χ0v) is 13.5. The number of rotatable bonds is 6. The minimum absolute atomic E-state index is 0.0208. The summed E-state index contributed by atoms with van der Waals surface area (Å²) in [5, 5.41) is 0. The van der Waals surface area contributed by atoms with Crippen LogP contribution in [0, 0.1) is 11.3 Å². The van der Waals surface area contributed by atoms with Gasteiger partial charge in [-0.25, -0.2) is 0 Å². The van der Waals surface area contributed by atoms with Crippen molar-refractivity contribution in [1.82, 2.24) is 0 Å². The molecule has 1 fully saturated rings. The quantitative estimate of drug-likeness (QED) is 0.675. The van der Waals surface area contributed by atoms with Crippen molar-refractivity contribution in [2.45, 2.75) is 58.7 Å². The summed E-state index contributed by atoms with van der Waals surface area (Å²) in [4.78, 5) is 0. The van der Waals surface area contributed by atoms with Crippen LogP contribution >= 0.6 is 0 Å². The molecule has 4 heteroatoms. The second-order valence-electron chi connectivity index (χ2n) is 7.37. The van der Waals surface area contributed by atoms with Gasteiger partial charge in [-0.1, -0.05) is 39.0 Å². The third-order valence-electron chi connectivity index (χ3n) is 4.39. The van der Waals surface area contributed by atoms with E-state index < -0.39 is 11.7 Å². The van der Waals surface area contributed by atoms with Gasteiger partial charge < -0.3 is 4.74 Å². The van der Waals surface area contributed by atoms with E-state index in [9.17, 15) is 13.2 Å². The summed E-state index contributed by atoms with van der Waals surface area (Å²) < 4.78 is 44.0. The normalized spacial score (nSPS) is 22.5. The number of hydrogen-bond acceptors (Lipinski definition) is 1. The number of aryl methyl sites for hydroxylation is 1. The van der Waals surface area contributed by atoms with Crippen molar-refractivity contribution in [1.29, 1.82) is 0 Å². The Morgan fingerprint density at radius 2 is 1.86 bits per heavy atom. The molecule has 0 radical (unpaired) electrons. The molecule has 1 saturated carbocycles. The summed E-state index contributed by atoms with van der Waals surface area (Å²) in [5.41, 5.74) is 0.148. The average Bonchev–Trinajstić information content (AvgIpc) is 2.40. The lowest BCUT2D eigenvalue weighted by molar-refractivity contribution is -0.137. The third kappa shape index (κ3) is 5.01. The van der Waals surface area contributed by atoms with Gasteiger partial charge in [0, 0.05) is 0 Å². The van der Waals surface area contributed by atoms with Crippen molar-refractivity contribution in [3.05, 3.63) is 35.4 Å². The first-order valence-electron chi connectivity index (χ1n) is 7.93. The predicted molar refractivity (Wildman–Crippen MR) is 81.7 cm³/mol. The molecule has 0 aliphatic heterocycles. The van der Waals surface area contributed by atoms with E-state index in [-0.39, 0.29) is 5.41 Å². The van der Waals surface area contributed by atoms with Gasteiger partial charge in [0.25, 0.3) is 0 Å². The van der Waals surface area contributed by atoms with Crippen molar-refractivity contribution >= 4 is 0 Å². The van der Waals surface area contributed by atoms with Crippen LogP contribution in [0.5, 0.6) is 0 Å². The summed E-state index contributed by atoms with van der Waals surface area (Å²) in [6.07, 6.45) is -0.177. The molecule has 1 aliphatic carbocycles. The van der Waals surface area contributed by atoms with Crippen molar-refractivity contribution in [2.75, 3.05) is 6.61 Å². The molecule has 1 nitrogen and oxygen atoms in total. The highest BCUT2D eigenvalue weighted by Gasteiger charge is 2.31. The largest absolute Gasteiger partial charge is 0.416 e. The molecule has 0 unspecified atom stereocenters. The average molecular weight is 314 g/mol. The molecule has 0 saturated heterocycles. The molecular weight excluding hydrogens is 289 g/mol. The van der Waals surface area contributed by atoms with Gasteiger partial charge in [-0.3, -0.25) is 0 Å². The van der Waals surface area contributed by atoms with E-state index in [4.69, 9.17) is 4.74 Å². The van der Waals surface area contributed by atoms with Crippen LogP contribution in [0.15, 0.2) is 24.3 Å². The first-order chi connectivity index (χ1) is 10.2. The Morgan fingerprint density at radius 3 is 2.45 bits per heavy atom. The van der Waals surface area contributed by atoms with Gasteiger partial charge in [-0.2, -0.15) is 13.2 Å². The molecule has 0 amide bonds. The molecule has 0 atom stereocenters. The highest BCUT2D eigenvalue weighted by Crippen LogP contribution is 2.33. The zero-order valence-electron chi connectivity index (χ0n) is 13.5. The van der Waals surface area contributed by atoms with Gasteiger partial charge in [0.2, 0.25) is 0 Å². The maximum absolute atomic E-state index is 12.7. The number of halogens is 3. The van der Waals surface area contributed by atoms with Crippen molar-refractivity contribution < 1.29 is 17.9 Å². The van der Waals surface area contributed by atoms with Gasteiger partial charge in [0.1, 0.15) is 0 Å². The Balaban J connectivity index is 1.83. The minimum Gasteiger partial charge on any atom is -0.378 e. The minimum atomic E-state index is -4.27. The first kappa shape index (κ1) is 17.3. The maximum atomic E-state index is 12.7. The highest BCUT2D eigenvalue weighted by atomic mass is 19.4. The van der Waals surface area contributed by atoms with Gasteiger partial charge in [0.05, 0.1) is 18.3 Å². The zero-order chi connectivity index (χ0) is 16.4.